The van der Waals surface area contributed by atoms with Crippen molar-refractivity contribution in [3.63, 3.8) is 0 Å². The first-order chi connectivity index (χ1) is 28.1. The van der Waals surface area contributed by atoms with Crippen LogP contribution in [0.15, 0.2) is 194 Å². The van der Waals surface area contributed by atoms with E-state index in [4.69, 9.17) is 19.7 Å². The second-order valence-electron chi connectivity index (χ2n) is 14.9. The third-order valence-corrected chi connectivity index (χ3v) is 11.5. The van der Waals surface area contributed by atoms with Gasteiger partial charge >= 0.3 is 0 Å². The van der Waals surface area contributed by atoms with E-state index in [1.165, 1.54) is 27.8 Å². The van der Waals surface area contributed by atoms with E-state index in [0.29, 0.717) is 17.5 Å². The predicted octanol–water partition coefficient (Wildman–Crippen LogP) is 13.0. The molecular weight excluding hydrogens is 695 g/mol. The van der Waals surface area contributed by atoms with Crippen LogP contribution in [0, 0.1) is 6.92 Å². The molecule has 0 N–H and O–H groups in total. The standard InChI is InChI=1S/C53H35N3O/c1-34-24-26-35(27-25-34)39-30-40(32-41(31-39)52-55-50(36-14-4-2-5-15-36)54-51(56-52)37-16-6-3-7-17-37)38-28-29-49-47(33-38)53(46-22-12-13-23-48(46)57-49)44-20-10-8-18-42(44)43-19-9-11-21-45(43)53/h2-33H,1H3. The van der Waals surface area contributed by atoms with Crippen LogP contribution < -0.4 is 4.74 Å². The van der Waals surface area contributed by atoms with E-state index in [9.17, 15) is 0 Å². The summed E-state index contributed by atoms with van der Waals surface area (Å²) >= 11 is 0. The highest BCUT2D eigenvalue weighted by molar-refractivity contribution is 5.90. The molecule has 0 radical (unpaired) electrons. The lowest BCUT2D eigenvalue weighted by Crippen LogP contribution is -2.32. The molecule has 0 saturated heterocycles. The molecule has 4 nitrogen and oxygen atoms in total. The smallest absolute Gasteiger partial charge is 0.164 e. The summed E-state index contributed by atoms with van der Waals surface area (Å²) in [6.45, 7) is 2.12. The molecule has 9 aromatic rings. The van der Waals surface area contributed by atoms with Crippen molar-refractivity contribution in [2.45, 2.75) is 12.3 Å². The Bertz CT molecular complexity index is 2890. The van der Waals surface area contributed by atoms with Crippen molar-refractivity contribution in [3.8, 4) is 79.0 Å². The SMILES string of the molecule is Cc1ccc(-c2cc(-c3ccc4c(c3)C3(c5ccccc5O4)c4ccccc4-c4ccccc43)cc(-c3nc(-c4ccccc4)nc(-c4ccccc4)n3)c2)cc1. The zero-order chi connectivity index (χ0) is 37.9. The average molecular weight is 730 g/mol. The van der Waals surface area contributed by atoms with Crippen molar-refractivity contribution in [1.82, 2.24) is 15.0 Å². The van der Waals surface area contributed by atoms with Crippen LogP contribution in [0.3, 0.4) is 0 Å². The molecule has 1 spiro atoms. The quantitative estimate of drug-likeness (QED) is 0.177. The van der Waals surface area contributed by atoms with Crippen LogP contribution in [0.25, 0.3) is 67.5 Å². The molecule has 1 aromatic heterocycles. The van der Waals surface area contributed by atoms with Gasteiger partial charge in [-0.05, 0) is 87.8 Å². The Balaban J connectivity index is 1.15. The normalized spacial score (nSPS) is 12.9. The monoisotopic (exact) mass is 729 g/mol. The molecule has 57 heavy (non-hydrogen) atoms. The first-order valence-electron chi connectivity index (χ1n) is 19.3. The number of rotatable bonds is 5. The van der Waals surface area contributed by atoms with E-state index in [2.05, 4.69) is 140 Å². The van der Waals surface area contributed by atoms with Crippen LogP contribution in [-0.4, -0.2) is 15.0 Å². The van der Waals surface area contributed by atoms with Gasteiger partial charge in [-0.3, -0.25) is 0 Å². The molecule has 0 bridgehead atoms. The second-order valence-corrected chi connectivity index (χ2v) is 14.9. The van der Waals surface area contributed by atoms with Crippen LogP contribution in [0.4, 0.5) is 0 Å². The topological polar surface area (TPSA) is 47.9 Å². The average Bonchev–Trinajstić information content (AvgIpc) is 3.57. The third-order valence-electron chi connectivity index (χ3n) is 11.5. The number of aryl methyl sites for hydroxylation is 1. The highest BCUT2D eigenvalue weighted by Gasteiger charge is 2.51. The molecule has 1 aliphatic carbocycles. The largest absolute Gasteiger partial charge is 0.457 e. The maximum atomic E-state index is 6.77. The van der Waals surface area contributed by atoms with Crippen LogP contribution in [0.2, 0.25) is 0 Å². The molecule has 0 fully saturated rings. The molecule has 268 valence electrons. The van der Waals surface area contributed by atoms with Crippen molar-refractivity contribution in [2.75, 3.05) is 0 Å². The van der Waals surface area contributed by atoms with Crippen LogP contribution in [0.5, 0.6) is 11.5 Å². The molecule has 4 heteroatoms. The number of fused-ring (bicyclic) bond motifs is 9. The lowest BCUT2D eigenvalue weighted by atomic mass is 9.66. The van der Waals surface area contributed by atoms with Gasteiger partial charge in [0.05, 0.1) is 5.41 Å². The summed E-state index contributed by atoms with van der Waals surface area (Å²) in [5, 5.41) is 0. The van der Waals surface area contributed by atoms with E-state index < -0.39 is 5.41 Å². The third kappa shape index (κ3) is 5.33. The first-order valence-corrected chi connectivity index (χ1v) is 19.3. The summed E-state index contributed by atoms with van der Waals surface area (Å²) in [5.74, 6) is 3.62. The van der Waals surface area contributed by atoms with E-state index in [1.807, 2.05) is 60.7 Å². The fourth-order valence-electron chi connectivity index (χ4n) is 8.81. The summed E-state index contributed by atoms with van der Waals surface area (Å²) in [7, 11) is 0. The Labute approximate surface area is 331 Å². The molecular formula is C53H35N3O. The van der Waals surface area contributed by atoms with Crippen LogP contribution in [-0.2, 0) is 5.41 Å². The number of hydrogen-bond donors (Lipinski definition) is 0. The Morgan fingerprint density at radius 2 is 0.789 bits per heavy atom. The van der Waals surface area contributed by atoms with E-state index in [-0.39, 0.29) is 0 Å². The molecule has 1 aliphatic heterocycles. The molecule has 0 unspecified atom stereocenters. The van der Waals surface area contributed by atoms with Gasteiger partial charge in [-0.1, -0.05) is 163 Å². The van der Waals surface area contributed by atoms with E-state index in [1.54, 1.807) is 0 Å². The maximum absolute atomic E-state index is 6.77. The highest BCUT2D eigenvalue weighted by Crippen LogP contribution is 2.62. The lowest BCUT2D eigenvalue weighted by molar-refractivity contribution is 0.436. The molecule has 0 atom stereocenters. The minimum absolute atomic E-state index is 0.561. The first kappa shape index (κ1) is 33.0. The van der Waals surface area contributed by atoms with Gasteiger partial charge in [0, 0.05) is 27.8 Å². The lowest BCUT2D eigenvalue weighted by Gasteiger charge is -2.39. The Kier molecular flexibility index (Phi) is 7.58. The zero-order valence-corrected chi connectivity index (χ0v) is 31.2. The number of nitrogens with zero attached hydrogens (tertiary/aromatic N) is 3. The minimum atomic E-state index is -0.561. The van der Waals surface area contributed by atoms with Gasteiger partial charge in [-0.2, -0.15) is 0 Å². The predicted molar refractivity (Wildman–Crippen MR) is 229 cm³/mol. The van der Waals surface area contributed by atoms with Gasteiger partial charge in [-0.15, -0.1) is 0 Å². The highest BCUT2D eigenvalue weighted by atomic mass is 16.5. The molecule has 2 heterocycles. The summed E-state index contributed by atoms with van der Waals surface area (Å²) in [4.78, 5) is 15.3. The van der Waals surface area contributed by atoms with Crippen molar-refractivity contribution < 1.29 is 4.74 Å². The van der Waals surface area contributed by atoms with Gasteiger partial charge in [0.15, 0.2) is 17.5 Å². The van der Waals surface area contributed by atoms with Crippen molar-refractivity contribution in [3.05, 3.63) is 222 Å². The van der Waals surface area contributed by atoms with E-state index >= 15 is 0 Å². The zero-order valence-electron chi connectivity index (χ0n) is 31.2. The van der Waals surface area contributed by atoms with Crippen molar-refractivity contribution in [2.24, 2.45) is 0 Å². The van der Waals surface area contributed by atoms with Crippen molar-refractivity contribution in [1.29, 1.82) is 0 Å². The van der Waals surface area contributed by atoms with Gasteiger partial charge in [0.1, 0.15) is 11.5 Å². The molecule has 11 rings (SSSR count). The Hall–Kier alpha value is -7.43. The molecule has 8 aromatic carbocycles. The van der Waals surface area contributed by atoms with Gasteiger partial charge in [0.2, 0.25) is 0 Å². The van der Waals surface area contributed by atoms with Gasteiger partial charge < -0.3 is 4.74 Å². The van der Waals surface area contributed by atoms with Gasteiger partial charge in [-0.25, -0.2) is 15.0 Å². The van der Waals surface area contributed by atoms with Gasteiger partial charge in [0.25, 0.3) is 0 Å². The minimum Gasteiger partial charge on any atom is -0.457 e. The summed E-state index contributed by atoms with van der Waals surface area (Å²) in [6, 6.07) is 68.6. The Morgan fingerprint density at radius 3 is 1.40 bits per heavy atom. The van der Waals surface area contributed by atoms with Crippen LogP contribution >= 0.6 is 0 Å². The molecule has 2 aliphatic rings. The second kappa shape index (κ2) is 13.1. The molecule has 0 saturated carbocycles. The fourth-order valence-corrected chi connectivity index (χ4v) is 8.81. The number of benzene rings is 8. The number of para-hydroxylation sites is 1. The van der Waals surface area contributed by atoms with E-state index in [0.717, 1.165) is 61.6 Å². The molecule has 0 amide bonds. The maximum Gasteiger partial charge on any atom is 0.164 e. The number of ether oxygens (including phenoxy) is 1. The fraction of sp³-hybridized carbons (Fsp3) is 0.0377. The summed E-state index contributed by atoms with van der Waals surface area (Å²) in [5.41, 5.74) is 15.1. The number of hydrogen-bond acceptors (Lipinski definition) is 4. The summed E-state index contributed by atoms with van der Waals surface area (Å²) < 4.78 is 6.77. The van der Waals surface area contributed by atoms with Crippen molar-refractivity contribution >= 4 is 0 Å². The summed E-state index contributed by atoms with van der Waals surface area (Å²) in [6.07, 6.45) is 0. The van der Waals surface area contributed by atoms with Crippen LogP contribution in [0.1, 0.15) is 27.8 Å². The number of aromatic nitrogens is 3. The Morgan fingerprint density at radius 1 is 0.333 bits per heavy atom.